The Morgan fingerprint density at radius 2 is 1.80 bits per heavy atom. The Morgan fingerprint density at radius 1 is 1.00 bits per heavy atom. The Kier molecular flexibility index (Phi) is 6.08. The zero-order valence-electron chi connectivity index (χ0n) is 15.2. The van der Waals surface area contributed by atoms with E-state index in [1.165, 1.54) is 6.42 Å². The summed E-state index contributed by atoms with van der Waals surface area (Å²) in [5, 5.41) is 3.01. The Balaban J connectivity index is 1.64. The molecule has 5 nitrogen and oxygen atoms in total. The Hall–Kier alpha value is -1.88. The van der Waals surface area contributed by atoms with E-state index in [4.69, 9.17) is 0 Å². The van der Waals surface area contributed by atoms with E-state index in [0.717, 1.165) is 64.0 Å². The molecule has 136 valence electrons. The molecule has 1 saturated carbocycles. The van der Waals surface area contributed by atoms with Crippen LogP contribution in [0.5, 0.6) is 0 Å². The van der Waals surface area contributed by atoms with Crippen LogP contribution in [-0.4, -0.2) is 54.8 Å². The Morgan fingerprint density at radius 3 is 2.60 bits per heavy atom. The maximum atomic E-state index is 12.8. The number of carbonyl (C=O) groups excluding carboxylic acids is 2. The summed E-state index contributed by atoms with van der Waals surface area (Å²) in [6.07, 6.45) is 6.47. The Bertz CT molecular complexity index is 611. The summed E-state index contributed by atoms with van der Waals surface area (Å²) >= 11 is 0. The molecule has 25 heavy (non-hydrogen) atoms. The number of benzene rings is 1. The number of rotatable bonds is 3. The molecule has 2 amide bonds. The van der Waals surface area contributed by atoms with Crippen LogP contribution in [0.25, 0.3) is 0 Å². The molecule has 0 aromatic heterocycles. The van der Waals surface area contributed by atoms with Crippen molar-refractivity contribution in [3.8, 4) is 0 Å². The average Bonchev–Trinajstić information content (AvgIpc) is 2.86. The highest BCUT2D eigenvalue weighted by Crippen LogP contribution is 2.25. The van der Waals surface area contributed by atoms with Crippen LogP contribution in [0.1, 0.15) is 48.9 Å². The zero-order valence-corrected chi connectivity index (χ0v) is 15.2. The molecule has 0 atom stereocenters. The van der Waals surface area contributed by atoms with Gasteiger partial charge in [-0.15, -0.1) is 0 Å². The van der Waals surface area contributed by atoms with E-state index < -0.39 is 0 Å². The second-order valence-corrected chi connectivity index (χ2v) is 7.35. The van der Waals surface area contributed by atoms with Crippen molar-refractivity contribution >= 4 is 17.5 Å². The van der Waals surface area contributed by atoms with Crippen molar-refractivity contribution in [2.75, 3.05) is 38.5 Å². The lowest BCUT2D eigenvalue weighted by atomic mass is 9.88. The van der Waals surface area contributed by atoms with Crippen LogP contribution in [0.3, 0.4) is 0 Å². The van der Waals surface area contributed by atoms with Gasteiger partial charge in [0, 0.05) is 36.8 Å². The number of hydrogen-bond acceptors (Lipinski definition) is 3. The van der Waals surface area contributed by atoms with E-state index in [2.05, 4.69) is 17.3 Å². The minimum atomic E-state index is 0.0593. The van der Waals surface area contributed by atoms with Gasteiger partial charge in [-0.1, -0.05) is 25.3 Å². The van der Waals surface area contributed by atoms with Gasteiger partial charge in [0.1, 0.15) is 0 Å². The van der Waals surface area contributed by atoms with E-state index in [1.54, 1.807) is 0 Å². The van der Waals surface area contributed by atoms with Gasteiger partial charge in [-0.25, -0.2) is 0 Å². The first kappa shape index (κ1) is 17.9. The van der Waals surface area contributed by atoms with Crippen LogP contribution < -0.4 is 5.32 Å². The lowest BCUT2D eigenvalue weighted by Gasteiger charge is -2.22. The summed E-state index contributed by atoms with van der Waals surface area (Å²) in [5.41, 5.74) is 1.39. The molecule has 0 spiro atoms. The molecule has 1 aliphatic carbocycles. The van der Waals surface area contributed by atoms with Gasteiger partial charge in [0.15, 0.2) is 0 Å². The maximum absolute atomic E-state index is 12.8. The summed E-state index contributed by atoms with van der Waals surface area (Å²) in [6.45, 7) is 3.49. The first-order chi connectivity index (χ1) is 12.1. The number of anilines is 1. The Labute approximate surface area is 150 Å². The monoisotopic (exact) mass is 343 g/mol. The summed E-state index contributed by atoms with van der Waals surface area (Å²) in [4.78, 5) is 29.4. The molecule has 1 heterocycles. The number of nitrogens with zero attached hydrogens (tertiary/aromatic N) is 2. The number of nitrogens with one attached hydrogen (secondary N) is 1. The molecule has 1 aliphatic heterocycles. The summed E-state index contributed by atoms with van der Waals surface area (Å²) < 4.78 is 0. The van der Waals surface area contributed by atoms with Crippen LogP contribution in [0.15, 0.2) is 24.3 Å². The molecule has 1 aromatic carbocycles. The fraction of sp³-hybridized carbons (Fsp3) is 0.600. The second-order valence-electron chi connectivity index (χ2n) is 7.35. The van der Waals surface area contributed by atoms with Gasteiger partial charge in [-0.3, -0.25) is 9.59 Å². The molecule has 0 unspecified atom stereocenters. The first-order valence-electron chi connectivity index (χ1n) is 9.52. The highest BCUT2D eigenvalue weighted by molar-refractivity contribution is 5.97. The van der Waals surface area contributed by atoms with Gasteiger partial charge < -0.3 is 15.1 Å². The molecule has 0 bridgehead atoms. The highest BCUT2D eigenvalue weighted by atomic mass is 16.2. The van der Waals surface area contributed by atoms with Crippen LogP contribution in [0.2, 0.25) is 0 Å². The minimum absolute atomic E-state index is 0.0593. The molecule has 2 fully saturated rings. The number of likely N-dealkylation sites (N-methyl/N-ethyl adjacent to an activating group) is 1. The van der Waals surface area contributed by atoms with Crippen molar-refractivity contribution in [1.29, 1.82) is 0 Å². The van der Waals surface area contributed by atoms with E-state index in [1.807, 2.05) is 29.2 Å². The van der Waals surface area contributed by atoms with Gasteiger partial charge in [0.25, 0.3) is 5.91 Å². The fourth-order valence-electron chi connectivity index (χ4n) is 3.77. The molecular formula is C20H29N3O2. The van der Waals surface area contributed by atoms with Gasteiger partial charge in [-0.05, 0) is 51.1 Å². The molecule has 1 N–H and O–H groups in total. The summed E-state index contributed by atoms with van der Waals surface area (Å²) in [5.74, 6) is 0.277. The standard InChI is InChI=1S/C20H29N3O2/c1-22-11-6-12-23(14-13-22)20(25)17-9-5-10-18(15-17)21-19(24)16-7-3-2-4-8-16/h5,9-10,15-16H,2-4,6-8,11-14H2,1H3,(H,21,24). The van der Waals surface area contributed by atoms with Crippen molar-refractivity contribution in [3.05, 3.63) is 29.8 Å². The predicted molar refractivity (Wildman–Crippen MR) is 99.7 cm³/mol. The van der Waals surface area contributed by atoms with Crippen molar-refractivity contribution in [2.24, 2.45) is 5.92 Å². The third-order valence-corrected chi connectivity index (χ3v) is 5.36. The molecule has 1 saturated heterocycles. The van der Waals surface area contributed by atoms with Crippen LogP contribution >= 0.6 is 0 Å². The fourth-order valence-corrected chi connectivity index (χ4v) is 3.77. The number of hydrogen-bond donors (Lipinski definition) is 1. The van der Waals surface area contributed by atoms with Crippen molar-refractivity contribution in [1.82, 2.24) is 9.80 Å². The minimum Gasteiger partial charge on any atom is -0.337 e. The van der Waals surface area contributed by atoms with E-state index >= 15 is 0 Å². The summed E-state index contributed by atoms with van der Waals surface area (Å²) in [7, 11) is 2.09. The molecule has 3 rings (SSSR count). The van der Waals surface area contributed by atoms with Gasteiger partial charge >= 0.3 is 0 Å². The van der Waals surface area contributed by atoms with E-state index in [0.29, 0.717) is 5.56 Å². The number of amides is 2. The molecule has 0 radical (unpaired) electrons. The smallest absolute Gasteiger partial charge is 0.253 e. The number of carbonyl (C=O) groups is 2. The zero-order chi connectivity index (χ0) is 17.6. The lowest BCUT2D eigenvalue weighted by Crippen LogP contribution is -2.34. The van der Waals surface area contributed by atoms with Crippen LogP contribution in [0, 0.1) is 5.92 Å². The van der Waals surface area contributed by atoms with E-state index in [9.17, 15) is 9.59 Å². The molecule has 5 heteroatoms. The first-order valence-corrected chi connectivity index (χ1v) is 9.52. The third-order valence-electron chi connectivity index (χ3n) is 5.36. The van der Waals surface area contributed by atoms with E-state index in [-0.39, 0.29) is 17.7 Å². The molecule has 2 aliphatic rings. The summed E-state index contributed by atoms with van der Waals surface area (Å²) in [6, 6.07) is 7.38. The quantitative estimate of drug-likeness (QED) is 0.918. The lowest BCUT2D eigenvalue weighted by molar-refractivity contribution is -0.120. The topological polar surface area (TPSA) is 52.6 Å². The van der Waals surface area contributed by atoms with Gasteiger partial charge in [-0.2, -0.15) is 0 Å². The van der Waals surface area contributed by atoms with Crippen molar-refractivity contribution in [2.45, 2.75) is 38.5 Å². The van der Waals surface area contributed by atoms with Crippen LogP contribution in [-0.2, 0) is 4.79 Å². The highest BCUT2D eigenvalue weighted by Gasteiger charge is 2.22. The normalized spacial score (nSPS) is 20.1. The predicted octanol–water partition coefficient (Wildman–Crippen LogP) is 2.98. The second kappa shape index (κ2) is 8.48. The molecule has 1 aromatic rings. The molecular weight excluding hydrogens is 314 g/mol. The third kappa shape index (κ3) is 4.82. The van der Waals surface area contributed by atoms with Crippen molar-refractivity contribution < 1.29 is 9.59 Å². The average molecular weight is 343 g/mol. The van der Waals surface area contributed by atoms with Crippen LogP contribution in [0.4, 0.5) is 5.69 Å². The van der Waals surface area contributed by atoms with Gasteiger partial charge in [0.05, 0.1) is 0 Å². The maximum Gasteiger partial charge on any atom is 0.253 e. The SMILES string of the molecule is CN1CCCN(C(=O)c2cccc(NC(=O)C3CCCCC3)c2)CC1. The van der Waals surface area contributed by atoms with Gasteiger partial charge in [0.2, 0.25) is 5.91 Å². The largest absolute Gasteiger partial charge is 0.337 e. The van der Waals surface area contributed by atoms with Crippen molar-refractivity contribution in [3.63, 3.8) is 0 Å².